The number of carbonyl (C=O) groups is 3. The van der Waals surface area contributed by atoms with Gasteiger partial charge in [0.25, 0.3) is 5.91 Å². The van der Waals surface area contributed by atoms with Gasteiger partial charge in [0.1, 0.15) is 6.54 Å². The molecule has 2 amide bonds. The molecule has 7 nitrogen and oxygen atoms in total. The number of carbonyl (C=O) groups excluding carboxylic acids is 3. The zero-order valence-corrected chi connectivity index (χ0v) is 21.5. The average molecular weight is 526 g/mol. The van der Waals surface area contributed by atoms with Crippen LogP contribution in [0.25, 0.3) is 0 Å². The van der Waals surface area contributed by atoms with Gasteiger partial charge in [-0.25, -0.2) is 0 Å². The molecule has 38 heavy (non-hydrogen) atoms. The topological polar surface area (TPSA) is 90.7 Å². The van der Waals surface area contributed by atoms with Crippen LogP contribution in [0, 0.1) is 23.2 Å². The van der Waals surface area contributed by atoms with Crippen molar-refractivity contribution in [1.29, 1.82) is 5.26 Å². The largest absolute Gasteiger partial charge is 0.466 e. The Labute approximate surface area is 226 Å². The van der Waals surface area contributed by atoms with Crippen molar-refractivity contribution < 1.29 is 19.1 Å². The van der Waals surface area contributed by atoms with Gasteiger partial charge in [-0.3, -0.25) is 14.4 Å². The van der Waals surface area contributed by atoms with Crippen molar-refractivity contribution in [3.63, 3.8) is 0 Å². The Morgan fingerprint density at radius 3 is 2.32 bits per heavy atom. The monoisotopic (exact) mass is 525 g/mol. The van der Waals surface area contributed by atoms with E-state index in [4.69, 9.17) is 21.6 Å². The molecule has 0 aliphatic carbocycles. The summed E-state index contributed by atoms with van der Waals surface area (Å²) in [6, 6.07) is 21.3. The second-order valence-electron chi connectivity index (χ2n) is 8.56. The lowest BCUT2D eigenvalue weighted by atomic mass is 10.1. The Hall–Kier alpha value is -4.59. The molecule has 1 aliphatic heterocycles. The van der Waals surface area contributed by atoms with Gasteiger partial charge in [-0.2, -0.15) is 5.26 Å². The Morgan fingerprint density at radius 1 is 0.974 bits per heavy atom. The Balaban J connectivity index is 1.69. The quantitative estimate of drug-likeness (QED) is 0.348. The number of fused-ring (bicyclic) bond motifs is 1. The van der Waals surface area contributed by atoms with E-state index < -0.39 is 5.97 Å². The molecule has 0 aromatic heterocycles. The highest BCUT2D eigenvalue weighted by Crippen LogP contribution is 2.29. The summed E-state index contributed by atoms with van der Waals surface area (Å²) in [4.78, 5) is 41.8. The first-order chi connectivity index (χ1) is 18.4. The average Bonchev–Trinajstić information content (AvgIpc) is 3.02. The number of ether oxygens (including phenoxy) is 1. The summed E-state index contributed by atoms with van der Waals surface area (Å²) in [6.07, 6.45) is -0.0163. The van der Waals surface area contributed by atoms with Crippen LogP contribution in [0.15, 0.2) is 66.7 Å². The van der Waals surface area contributed by atoms with Crippen LogP contribution in [0.4, 0.5) is 5.69 Å². The van der Waals surface area contributed by atoms with Crippen LogP contribution in [-0.4, -0.2) is 42.4 Å². The van der Waals surface area contributed by atoms with Crippen molar-refractivity contribution in [3.8, 4) is 17.9 Å². The summed E-state index contributed by atoms with van der Waals surface area (Å²) < 4.78 is 4.99. The van der Waals surface area contributed by atoms with E-state index in [-0.39, 0.29) is 44.5 Å². The molecule has 1 aliphatic rings. The lowest BCUT2D eigenvalue weighted by Gasteiger charge is -2.23. The van der Waals surface area contributed by atoms with Gasteiger partial charge in [-0.1, -0.05) is 35.6 Å². The Kier molecular flexibility index (Phi) is 8.43. The number of hydrogen-bond acceptors (Lipinski definition) is 5. The molecule has 0 bridgehead atoms. The summed E-state index contributed by atoms with van der Waals surface area (Å²) >= 11 is 6.02. The van der Waals surface area contributed by atoms with Gasteiger partial charge in [0, 0.05) is 22.7 Å². The first-order valence-corrected chi connectivity index (χ1v) is 12.4. The maximum Gasteiger partial charge on any atom is 0.307 e. The lowest BCUT2D eigenvalue weighted by Crippen LogP contribution is -2.40. The van der Waals surface area contributed by atoms with Crippen LogP contribution in [0.1, 0.15) is 46.0 Å². The van der Waals surface area contributed by atoms with Crippen molar-refractivity contribution in [3.05, 3.63) is 99.6 Å². The molecule has 3 aromatic carbocycles. The molecule has 190 valence electrons. The van der Waals surface area contributed by atoms with E-state index >= 15 is 0 Å². The van der Waals surface area contributed by atoms with Crippen molar-refractivity contribution in [1.82, 2.24) is 4.90 Å². The van der Waals surface area contributed by atoms with Gasteiger partial charge in [-0.05, 0) is 67.1 Å². The molecular formula is C30H24ClN3O4. The normalized spacial score (nSPS) is 12.7. The van der Waals surface area contributed by atoms with E-state index in [0.29, 0.717) is 27.4 Å². The Morgan fingerprint density at radius 2 is 1.63 bits per heavy atom. The number of benzene rings is 3. The fourth-order valence-electron chi connectivity index (χ4n) is 4.00. The van der Waals surface area contributed by atoms with E-state index in [1.54, 1.807) is 66.4 Å². The molecule has 0 radical (unpaired) electrons. The first-order valence-electron chi connectivity index (χ1n) is 12.0. The van der Waals surface area contributed by atoms with Crippen molar-refractivity contribution >= 4 is 35.1 Å². The van der Waals surface area contributed by atoms with Crippen LogP contribution >= 0.6 is 11.6 Å². The summed E-state index contributed by atoms with van der Waals surface area (Å²) in [7, 11) is 0. The van der Waals surface area contributed by atoms with E-state index in [9.17, 15) is 14.4 Å². The summed E-state index contributed by atoms with van der Waals surface area (Å²) in [5.41, 5.74) is 3.50. The number of esters is 1. The first kappa shape index (κ1) is 26.5. The van der Waals surface area contributed by atoms with Crippen molar-refractivity contribution in [2.45, 2.75) is 19.9 Å². The van der Waals surface area contributed by atoms with Gasteiger partial charge >= 0.3 is 5.97 Å². The molecule has 0 saturated heterocycles. The van der Waals surface area contributed by atoms with Gasteiger partial charge in [-0.15, -0.1) is 0 Å². The maximum absolute atomic E-state index is 13.6. The molecule has 0 N–H and O–H groups in total. The predicted molar refractivity (Wildman–Crippen MR) is 143 cm³/mol. The zero-order valence-electron chi connectivity index (χ0n) is 20.7. The number of amides is 2. The highest BCUT2D eigenvalue weighted by atomic mass is 35.5. The van der Waals surface area contributed by atoms with Crippen LogP contribution in [0.2, 0.25) is 5.02 Å². The second-order valence-corrected chi connectivity index (χ2v) is 9.00. The fraction of sp³-hybridized carbons (Fsp3) is 0.200. The minimum atomic E-state index is -0.433. The number of hydrogen-bond donors (Lipinski definition) is 0. The molecule has 0 fully saturated rings. The van der Waals surface area contributed by atoms with Gasteiger partial charge in [0.2, 0.25) is 5.91 Å². The smallest absolute Gasteiger partial charge is 0.307 e. The number of halogens is 1. The van der Waals surface area contributed by atoms with Gasteiger partial charge in [0.05, 0.1) is 42.5 Å². The fourth-order valence-corrected chi connectivity index (χ4v) is 4.13. The molecule has 4 rings (SSSR count). The van der Waals surface area contributed by atoms with Gasteiger partial charge < -0.3 is 14.5 Å². The third-order valence-electron chi connectivity index (χ3n) is 5.94. The molecule has 0 atom stereocenters. The van der Waals surface area contributed by atoms with E-state index in [1.807, 2.05) is 12.1 Å². The van der Waals surface area contributed by atoms with Gasteiger partial charge in [0.15, 0.2) is 0 Å². The lowest BCUT2D eigenvalue weighted by molar-refractivity contribution is -0.143. The SMILES string of the molecule is CCOC(=O)CCN1CC(=O)N(Cc2ccc(Cl)cc2)c2ccc(C#Cc3ccc(C#N)cc3)cc2C1=O. The molecule has 0 saturated carbocycles. The van der Waals surface area contributed by atoms with Crippen molar-refractivity contribution in [2.24, 2.45) is 0 Å². The summed E-state index contributed by atoms with van der Waals surface area (Å²) in [5, 5.41) is 9.56. The third-order valence-corrected chi connectivity index (χ3v) is 6.19. The number of nitrogens with zero attached hydrogens (tertiary/aromatic N) is 3. The van der Waals surface area contributed by atoms with Crippen LogP contribution in [0.5, 0.6) is 0 Å². The molecule has 0 unspecified atom stereocenters. The standard InChI is InChI=1S/C30H24ClN3O4/c1-2-38-29(36)15-16-33-20-28(35)34(19-24-9-12-25(31)13-10-24)27-14-11-22(17-26(27)30(33)37)6-3-21-4-7-23(18-32)8-5-21/h4-5,7-14,17H,2,15-16,19-20H2,1H3. The van der Waals surface area contributed by atoms with E-state index in [2.05, 4.69) is 17.9 Å². The number of nitriles is 1. The van der Waals surface area contributed by atoms with E-state index in [1.165, 1.54) is 4.90 Å². The molecule has 3 aromatic rings. The minimum Gasteiger partial charge on any atom is -0.466 e. The summed E-state index contributed by atoms with van der Waals surface area (Å²) in [5.74, 6) is 5.03. The number of anilines is 1. The van der Waals surface area contributed by atoms with Crippen LogP contribution in [0.3, 0.4) is 0 Å². The Bertz CT molecular complexity index is 1460. The molecular weight excluding hydrogens is 502 g/mol. The molecule has 8 heteroatoms. The minimum absolute atomic E-state index is 0.0163. The zero-order chi connectivity index (χ0) is 27.1. The van der Waals surface area contributed by atoms with Crippen LogP contribution < -0.4 is 4.90 Å². The van der Waals surface area contributed by atoms with E-state index in [0.717, 1.165) is 11.1 Å². The maximum atomic E-state index is 13.6. The highest BCUT2D eigenvalue weighted by molar-refractivity contribution is 6.30. The second kappa shape index (κ2) is 12.1. The molecule has 1 heterocycles. The summed E-state index contributed by atoms with van der Waals surface area (Å²) in [6.45, 7) is 2.08. The highest BCUT2D eigenvalue weighted by Gasteiger charge is 2.32. The van der Waals surface area contributed by atoms with Crippen LogP contribution in [-0.2, 0) is 20.9 Å². The number of rotatable bonds is 6. The third kappa shape index (κ3) is 6.39. The molecule has 0 spiro atoms. The van der Waals surface area contributed by atoms with Crippen molar-refractivity contribution in [2.75, 3.05) is 24.6 Å². The predicted octanol–water partition coefficient (Wildman–Crippen LogP) is 4.55.